The molecular formula is C15H10N2O3S. The van der Waals surface area contributed by atoms with E-state index in [0.29, 0.717) is 0 Å². The molecule has 0 amide bonds. The molecule has 4 rings (SSSR count). The van der Waals surface area contributed by atoms with Crippen LogP contribution in [0.1, 0.15) is 22.8 Å². The highest BCUT2D eigenvalue weighted by Crippen LogP contribution is 2.52. The molecule has 1 saturated heterocycles. The van der Waals surface area contributed by atoms with Gasteiger partial charge in [-0.2, -0.15) is 0 Å². The third kappa shape index (κ3) is 2.18. The van der Waals surface area contributed by atoms with Crippen molar-refractivity contribution in [2.24, 2.45) is 0 Å². The lowest BCUT2D eigenvalue weighted by molar-refractivity contribution is -0.384. The highest BCUT2D eigenvalue weighted by molar-refractivity contribution is 7.18. The fourth-order valence-corrected chi connectivity index (χ4v) is 3.41. The molecule has 0 radical (unpaired) electrons. The summed E-state index contributed by atoms with van der Waals surface area (Å²) in [6.45, 7) is 0. The van der Waals surface area contributed by atoms with Gasteiger partial charge in [0.2, 0.25) is 0 Å². The van der Waals surface area contributed by atoms with E-state index in [-0.39, 0.29) is 17.9 Å². The number of nitro groups is 1. The van der Waals surface area contributed by atoms with Crippen molar-refractivity contribution in [3.63, 3.8) is 0 Å². The molecule has 6 heteroatoms. The van der Waals surface area contributed by atoms with Crippen molar-refractivity contribution < 1.29 is 9.66 Å². The standard InChI is InChI=1S/C15H10N2O3S/c18-17(19)10-5-3-4-9(8-10)13-14(20-13)15-16-11-6-1-2-7-12(11)21-15/h1-8,13-14H. The van der Waals surface area contributed by atoms with Crippen molar-refractivity contribution >= 4 is 27.2 Å². The zero-order valence-electron chi connectivity index (χ0n) is 10.8. The average Bonchev–Trinajstić information content (AvgIpc) is 3.19. The summed E-state index contributed by atoms with van der Waals surface area (Å²) < 4.78 is 6.80. The first-order chi connectivity index (χ1) is 10.2. The lowest BCUT2D eigenvalue weighted by Crippen LogP contribution is -1.90. The Kier molecular flexibility index (Phi) is 2.73. The van der Waals surface area contributed by atoms with Crippen LogP contribution in [-0.2, 0) is 4.74 Å². The molecule has 2 unspecified atom stereocenters. The number of benzene rings is 2. The number of thiazole rings is 1. The van der Waals surface area contributed by atoms with Crippen molar-refractivity contribution in [2.45, 2.75) is 12.2 Å². The van der Waals surface area contributed by atoms with Gasteiger partial charge in [0.1, 0.15) is 17.2 Å². The van der Waals surface area contributed by atoms with E-state index in [1.807, 2.05) is 30.3 Å². The molecule has 0 spiro atoms. The van der Waals surface area contributed by atoms with Crippen LogP contribution in [0.4, 0.5) is 5.69 Å². The van der Waals surface area contributed by atoms with Crippen LogP contribution < -0.4 is 0 Å². The number of nitrogens with zero attached hydrogens (tertiary/aromatic N) is 2. The fraction of sp³-hybridized carbons (Fsp3) is 0.133. The first-order valence-corrected chi connectivity index (χ1v) is 7.29. The van der Waals surface area contributed by atoms with Gasteiger partial charge in [0.25, 0.3) is 5.69 Å². The van der Waals surface area contributed by atoms with Crippen molar-refractivity contribution in [3.8, 4) is 0 Å². The number of aromatic nitrogens is 1. The molecular weight excluding hydrogens is 288 g/mol. The predicted octanol–water partition coefficient (Wildman–Crippen LogP) is 4.02. The molecule has 2 aromatic carbocycles. The molecule has 1 fully saturated rings. The Morgan fingerprint density at radius 1 is 1.14 bits per heavy atom. The Morgan fingerprint density at radius 3 is 2.81 bits per heavy atom. The first kappa shape index (κ1) is 12.4. The lowest BCUT2D eigenvalue weighted by Gasteiger charge is -1.95. The average molecular weight is 298 g/mol. The summed E-state index contributed by atoms with van der Waals surface area (Å²) in [5.74, 6) is 0. The van der Waals surface area contributed by atoms with Gasteiger partial charge in [0.05, 0.1) is 15.1 Å². The van der Waals surface area contributed by atoms with Crippen LogP contribution in [0.15, 0.2) is 48.5 Å². The fourth-order valence-electron chi connectivity index (χ4n) is 2.38. The van der Waals surface area contributed by atoms with E-state index in [0.717, 1.165) is 20.8 Å². The van der Waals surface area contributed by atoms with Crippen molar-refractivity contribution in [1.82, 2.24) is 4.98 Å². The number of hydrogen-bond donors (Lipinski definition) is 0. The number of rotatable bonds is 3. The van der Waals surface area contributed by atoms with Gasteiger partial charge in [0, 0.05) is 12.1 Å². The molecule has 1 aromatic heterocycles. The second-order valence-electron chi connectivity index (χ2n) is 4.85. The van der Waals surface area contributed by atoms with Gasteiger partial charge in [-0.1, -0.05) is 24.3 Å². The maximum absolute atomic E-state index is 10.8. The van der Waals surface area contributed by atoms with Gasteiger partial charge in [0.15, 0.2) is 0 Å². The van der Waals surface area contributed by atoms with Crippen molar-refractivity contribution in [2.75, 3.05) is 0 Å². The van der Waals surface area contributed by atoms with Crippen molar-refractivity contribution in [3.05, 3.63) is 69.2 Å². The van der Waals surface area contributed by atoms with Gasteiger partial charge in [-0.25, -0.2) is 4.98 Å². The van der Waals surface area contributed by atoms with E-state index >= 15 is 0 Å². The summed E-state index contributed by atoms with van der Waals surface area (Å²) in [7, 11) is 0. The largest absolute Gasteiger partial charge is 0.357 e. The number of fused-ring (bicyclic) bond motifs is 1. The van der Waals surface area contributed by atoms with Gasteiger partial charge >= 0.3 is 0 Å². The Labute approximate surface area is 124 Å². The van der Waals surface area contributed by atoms with Crippen LogP contribution >= 0.6 is 11.3 Å². The van der Waals surface area contributed by atoms with Gasteiger partial charge < -0.3 is 4.74 Å². The summed E-state index contributed by atoms with van der Waals surface area (Å²) in [4.78, 5) is 15.0. The molecule has 2 heterocycles. The first-order valence-electron chi connectivity index (χ1n) is 6.48. The second-order valence-corrected chi connectivity index (χ2v) is 5.91. The molecule has 0 aliphatic carbocycles. The minimum atomic E-state index is -0.390. The van der Waals surface area contributed by atoms with E-state index in [9.17, 15) is 10.1 Å². The minimum absolute atomic E-state index is 0.0889. The SMILES string of the molecule is O=[N+]([O-])c1cccc(C2OC2c2nc3ccccc3s2)c1. The molecule has 0 saturated carbocycles. The van der Waals surface area contributed by atoms with Crippen molar-refractivity contribution in [1.29, 1.82) is 0 Å². The van der Waals surface area contributed by atoms with E-state index in [2.05, 4.69) is 4.98 Å². The van der Waals surface area contributed by atoms with Gasteiger partial charge in [-0.05, 0) is 17.7 Å². The highest BCUT2D eigenvalue weighted by atomic mass is 32.1. The second kappa shape index (κ2) is 4.61. The lowest BCUT2D eigenvalue weighted by atomic mass is 10.1. The Morgan fingerprint density at radius 2 is 2.00 bits per heavy atom. The molecule has 1 aliphatic heterocycles. The van der Waals surface area contributed by atoms with E-state index in [1.165, 1.54) is 6.07 Å². The number of non-ortho nitro benzene ring substituents is 1. The summed E-state index contributed by atoms with van der Waals surface area (Å²) >= 11 is 1.61. The summed E-state index contributed by atoms with van der Waals surface area (Å²) in [5.41, 5.74) is 1.88. The summed E-state index contributed by atoms with van der Waals surface area (Å²) in [6.07, 6.45) is -0.227. The van der Waals surface area contributed by atoms with Crippen LogP contribution in [-0.4, -0.2) is 9.91 Å². The molecule has 21 heavy (non-hydrogen) atoms. The molecule has 1 aliphatic rings. The third-order valence-corrected chi connectivity index (χ3v) is 4.55. The molecule has 2 atom stereocenters. The smallest absolute Gasteiger partial charge is 0.269 e. The zero-order valence-corrected chi connectivity index (χ0v) is 11.6. The summed E-state index contributed by atoms with van der Waals surface area (Å²) in [6, 6.07) is 14.5. The number of epoxide rings is 1. The summed E-state index contributed by atoms with van der Waals surface area (Å²) in [5, 5.41) is 11.7. The van der Waals surface area contributed by atoms with Crippen LogP contribution in [0.3, 0.4) is 0 Å². The Balaban J connectivity index is 1.63. The van der Waals surface area contributed by atoms with Gasteiger partial charge in [-0.15, -0.1) is 11.3 Å². The van der Waals surface area contributed by atoms with Crippen LogP contribution in [0, 0.1) is 10.1 Å². The third-order valence-electron chi connectivity index (χ3n) is 3.45. The molecule has 0 N–H and O–H groups in total. The highest BCUT2D eigenvalue weighted by Gasteiger charge is 2.44. The molecule has 5 nitrogen and oxygen atoms in total. The van der Waals surface area contributed by atoms with Gasteiger partial charge in [-0.3, -0.25) is 10.1 Å². The van der Waals surface area contributed by atoms with E-state index in [4.69, 9.17) is 4.74 Å². The molecule has 0 bridgehead atoms. The number of ether oxygens (including phenoxy) is 1. The normalized spacial score (nSPS) is 20.6. The Hall–Kier alpha value is -2.31. The van der Waals surface area contributed by atoms with E-state index in [1.54, 1.807) is 23.5 Å². The zero-order chi connectivity index (χ0) is 14.4. The molecule has 104 valence electrons. The number of nitro benzene ring substituents is 1. The quantitative estimate of drug-likeness (QED) is 0.416. The molecule has 3 aromatic rings. The monoisotopic (exact) mass is 298 g/mol. The van der Waals surface area contributed by atoms with E-state index < -0.39 is 4.92 Å². The van der Waals surface area contributed by atoms with Crippen LogP contribution in [0.5, 0.6) is 0 Å². The minimum Gasteiger partial charge on any atom is -0.357 e. The predicted molar refractivity (Wildman–Crippen MR) is 79.3 cm³/mol. The Bertz CT molecular complexity index is 813. The maximum Gasteiger partial charge on any atom is 0.269 e. The maximum atomic E-state index is 10.8. The number of para-hydroxylation sites is 1. The number of hydrogen-bond acceptors (Lipinski definition) is 5. The van der Waals surface area contributed by atoms with Crippen LogP contribution in [0.25, 0.3) is 10.2 Å². The topological polar surface area (TPSA) is 68.6 Å². The van der Waals surface area contributed by atoms with Crippen LogP contribution in [0.2, 0.25) is 0 Å².